The summed E-state index contributed by atoms with van der Waals surface area (Å²) in [5.74, 6) is 0.911. The molecule has 0 aromatic carbocycles. The van der Waals surface area contributed by atoms with Gasteiger partial charge in [-0.3, -0.25) is 4.90 Å². The van der Waals surface area contributed by atoms with E-state index in [2.05, 4.69) is 35.9 Å². The van der Waals surface area contributed by atoms with Crippen LogP contribution in [0.5, 0.6) is 0 Å². The minimum Gasteiger partial charge on any atom is -0.309 e. The van der Waals surface area contributed by atoms with E-state index in [1.165, 1.54) is 52.1 Å². The van der Waals surface area contributed by atoms with Gasteiger partial charge in [0.1, 0.15) is 0 Å². The zero-order valence-electron chi connectivity index (χ0n) is 11.8. The molecule has 0 aliphatic carbocycles. The maximum Gasteiger partial charge on any atom is 0.0278 e. The van der Waals surface area contributed by atoms with Crippen LogP contribution in [0.4, 0.5) is 0 Å². The Morgan fingerprint density at radius 1 is 1.24 bits per heavy atom. The Hall–Kier alpha value is -0.120. The van der Waals surface area contributed by atoms with Crippen molar-refractivity contribution in [3.63, 3.8) is 0 Å². The first-order chi connectivity index (χ1) is 8.15. The van der Waals surface area contributed by atoms with E-state index in [1.807, 2.05) is 0 Å². The minimum atomic E-state index is 0.349. The molecule has 3 heteroatoms. The zero-order valence-corrected chi connectivity index (χ0v) is 11.8. The van der Waals surface area contributed by atoms with Gasteiger partial charge < -0.3 is 10.2 Å². The summed E-state index contributed by atoms with van der Waals surface area (Å²) in [6.45, 7) is 15.7. The lowest BCUT2D eigenvalue weighted by Crippen LogP contribution is -2.59. The summed E-state index contributed by atoms with van der Waals surface area (Å²) in [5.41, 5.74) is 0.349. The molecule has 2 unspecified atom stereocenters. The molecule has 2 heterocycles. The fraction of sp³-hybridized carbons (Fsp3) is 1.00. The number of likely N-dealkylation sites (tertiary alicyclic amines) is 1. The molecule has 2 aliphatic rings. The van der Waals surface area contributed by atoms with Crippen molar-refractivity contribution in [3.8, 4) is 0 Å². The predicted molar refractivity (Wildman–Crippen MR) is 73.4 cm³/mol. The summed E-state index contributed by atoms with van der Waals surface area (Å²) in [5, 5.41) is 3.67. The van der Waals surface area contributed by atoms with Gasteiger partial charge in [-0.15, -0.1) is 0 Å². The Bertz CT molecular complexity index is 244. The van der Waals surface area contributed by atoms with Crippen LogP contribution >= 0.6 is 0 Å². The quantitative estimate of drug-likeness (QED) is 0.800. The van der Waals surface area contributed by atoms with E-state index in [-0.39, 0.29) is 0 Å². The molecule has 0 aromatic heterocycles. The van der Waals surface area contributed by atoms with Gasteiger partial charge in [0.2, 0.25) is 0 Å². The molecule has 2 fully saturated rings. The van der Waals surface area contributed by atoms with E-state index in [4.69, 9.17) is 0 Å². The number of nitrogens with one attached hydrogen (secondary N) is 1. The predicted octanol–water partition coefficient (Wildman–Crippen LogP) is 1.40. The minimum absolute atomic E-state index is 0.349. The van der Waals surface area contributed by atoms with Crippen molar-refractivity contribution in [2.24, 2.45) is 5.92 Å². The second-order valence-electron chi connectivity index (χ2n) is 6.12. The molecule has 17 heavy (non-hydrogen) atoms. The van der Waals surface area contributed by atoms with Crippen LogP contribution in [0.15, 0.2) is 0 Å². The van der Waals surface area contributed by atoms with Gasteiger partial charge in [-0.05, 0) is 38.8 Å². The van der Waals surface area contributed by atoms with Gasteiger partial charge in [-0.2, -0.15) is 0 Å². The highest BCUT2D eigenvalue weighted by Gasteiger charge is 2.31. The third kappa shape index (κ3) is 3.43. The first-order valence-electron chi connectivity index (χ1n) is 7.35. The highest BCUT2D eigenvalue weighted by Crippen LogP contribution is 2.20. The second-order valence-corrected chi connectivity index (χ2v) is 6.12. The van der Waals surface area contributed by atoms with Gasteiger partial charge in [-0.1, -0.05) is 13.8 Å². The lowest BCUT2D eigenvalue weighted by molar-refractivity contribution is 0.123. The maximum absolute atomic E-state index is 3.67. The number of piperazine rings is 1. The highest BCUT2D eigenvalue weighted by molar-refractivity contribution is 4.91. The Morgan fingerprint density at radius 3 is 2.71 bits per heavy atom. The second kappa shape index (κ2) is 5.68. The smallest absolute Gasteiger partial charge is 0.0278 e. The van der Waals surface area contributed by atoms with Crippen LogP contribution < -0.4 is 5.32 Å². The molecule has 0 saturated carbocycles. The van der Waals surface area contributed by atoms with Crippen LogP contribution in [-0.4, -0.2) is 61.2 Å². The van der Waals surface area contributed by atoms with E-state index in [0.717, 1.165) is 12.5 Å². The summed E-state index contributed by atoms with van der Waals surface area (Å²) in [4.78, 5) is 5.27. The molecule has 0 spiro atoms. The van der Waals surface area contributed by atoms with Crippen LogP contribution in [0.3, 0.4) is 0 Å². The van der Waals surface area contributed by atoms with Crippen LogP contribution in [0.2, 0.25) is 0 Å². The van der Waals surface area contributed by atoms with Gasteiger partial charge in [0.05, 0.1) is 0 Å². The summed E-state index contributed by atoms with van der Waals surface area (Å²) < 4.78 is 0. The molecule has 0 radical (unpaired) electrons. The molecule has 2 saturated heterocycles. The Kier molecular flexibility index (Phi) is 4.45. The van der Waals surface area contributed by atoms with Crippen molar-refractivity contribution in [2.75, 3.05) is 45.8 Å². The lowest BCUT2D eigenvalue weighted by atomic mass is 9.95. The van der Waals surface area contributed by atoms with Gasteiger partial charge in [0, 0.05) is 38.3 Å². The monoisotopic (exact) mass is 239 g/mol. The molecular weight excluding hydrogens is 210 g/mol. The van der Waals surface area contributed by atoms with Crippen LogP contribution in [0.1, 0.15) is 33.6 Å². The standard InChI is InChI=1S/C14H29N3/c1-4-14(3)12-17(9-7-15-14)11-13-6-8-16(5-2)10-13/h13,15H,4-12H2,1-3H3. The summed E-state index contributed by atoms with van der Waals surface area (Å²) in [7, 11) is 0. The fourth-order valence-corrected chi connectivity index (χ4v) is 3.25. The van der Waals surface area contributed by atoms with Gasteiger partial charge >= 0.3 is 0 Å². The van der Waals surface area contributed by atoms with E-state index in [9.17, 15) is 0 Å². The average molecular weight is 239 g/mol. The van der Waals surface area contributed by atoms with Crippen molar-refractivity contribution < 1.29 is 0 Å². The number of hydrogen-bond donors (Lipinski definition) is 1. The van der Waals surface area contributed by atoms with E-state index >= 15 is 0 Å². The summed E-state index contributed by atoms with van der Waals surface area (Å²) in [6.07, 6.45) is 2.63. The largest absolute Gasteiger partial charge is 0.309 e. The van der Waals surface area contributed by atoms with Gasteiger partial charge in [0.15, 0.2) is 0 Å². The van der Waals surface area contributed by atoms with Crippen molar-refractivity contribution in [3.05, 3.63) is 0 Å². The van der Waals surface area contributed by atoms with Gasteiger partial charge in [0.25, 0.3) is 0 Å². The Morgan fingerprint density at radius 2 is 2.06 bits per heavy atom. The van der Waals surface area contributed by atoms with Crippen LogP contribution in [0.25, 0.3) is 0 Å². The molecule has 100 valence electrons. The van der Waals surface area contributed by atoms with Crippen LogP contribution in [-0.2, 0) is 0 Å². The highest BCUT2D eigenvalue weighted by atomic mass is 15.2. The topological polar surface area (TPSA) is 18.5 Å². The number of hydrogen-bond acceptors (Lipinski definition) is 3. The molecule has 2 atom stereocenters. The van der Waals surface area contributed by atoms with Crippen molar-refractivity contribution in [1.29, 1.82) is 0 Å². The Balaban J connectivity index is 1.79. The third-order valence-electron chi connectivity index (χ3n) is 4.67. The summed E-state index contributed by atoms with van der Waals surface area (Å²) >= 11 is 0. The zero-order chi connectivity index (χ0) is 12.3. The average Bonchev–Trinajstić information content (AvgIpc) is 2.77. The van der Waals surface area contributed by atoms with Crippen molar-refractivity contribution in [1.82, 2.24) is 15.1 Å². The molecular formula is C14H29N3. The van der Waals surface area contributed by atoms with E-state index < -0.39 is 0 Å². The molecule has 3 nitrogen and oxygen atoms in total. The van der Waals surface area contributed by atoms with E-state index in [1.54, 1.807) is 0 Å². The molecule has 2 rings (SSSR count). The van der Waals surface area contributed by atoms with E-state index in [0.29, 0.717) is 5.54 Å². The number of nitrogens with zero attached hydrogens (tertiary/aromatic N) is 2. The van der Waals surface area contributed by atoms with Crippen molar-refractivity contribution in [2.45, 2.75) is 39.2 Å². The van der Waals surface area contributed by atoms with Gasteiger partial charge in [-0.25, -0.2) is 0 Å². The first kappa shape index (κ1) is 13.3. The molecule has 2 aliphatic heterocycles. The SMILES string of the molecule is CCN1CCC(CN2CCNC(C)(CC)C2)C1. The molecule has 0 aromatic rings. The normalized spacial score (nSPS) is 36.5. The van der Waals surface area contributed by atoms with Crippen molar-refractivity contribution >= 4 is 0 Å². The Labute approximate surface area is 107 Å². The molecule has 1 N–H and O–H groups in total. The number of rotatable bonds is 4. The first-order valence-corrected chi connectivity index (χ1v) is 7.35. The van der Waals surface area contributed by atoms with Crippen LogP contribution in [0, 0.1) is 5.92 Å². The summed E-state index contributed by atoms with van der Waals surface area (Å²) in [6, 6.07) is 0. The maximum atomic E-state index is 3.67. The lowest BCUT2D eigenvalue weighted by Gasteiger charge is -2.42. The molecule has 0 amide bonds. The molecule has 0 bridgehead atoms. The fourth-order valence-electron chi connectivity index (χ4n) is 3.25. The third-order valence-corrected chi connectivity index (χ3v) is 4.67.